The molecule has 1 unspecified atom stereocenters. The molecule has 1 aliphatic rings. The summed E-state index contributed by atoms with van der Waals surface area (Å²) in [5.74, 6) is -2.95. The fourth-order valence-corrected chi connectivity index (χ4v) is 4.60. The minimum absolute atomic E-state index is 0.0607. The third-order valence-corrected chi connectivity index (χ3v) is 6.68. The number of nitrogens with one attached hydrogen (secondary N) is 2. The molecule has 1 heterocycles. The number of pyridine rings is 1. The minimum Gasteiger partial charge on any atom is -0.375 e. The van der Waals surface area contributed by atoms with Crippen LogP contribution in [0, 0.1) is 21.7 Å². The molecule has 2 N–H and O–H groups in total. The lowest BCUT2D eigenvalue weighted by Gasteiger charge is -2.27. The number of benzene rings is 2. The number of halogens is 2. The van der Waals surface area contributed by atoms with Crippen LogP contribution in [0.1, 0.15) is 34.3 Å². The number of aromatic nitrogens is 1. The number of nitro groups is 1. The van der Waals surface area contributed by atoms with Crippen LogP contribution >= 0.6 is 0 Å². The van der Waals surface area contributed by atoms with E-state index in [2.05, 4.69) is 28.8 Å². The van der Waals surface area contributed by atoms with Crippen molar-refractivity contribution in [2.75, 3.05) is 5.32 Å². The fourth-order valence-electron chi connectivity index (χ4n) is 4.60. The molecule has 3 aromatic rings. The van der Waals surface area contributed by atoms with Gasteiger partial charge in [0.25, 0.3) is 11.6 Å². The first kappa shape index (κ1) is 30.4. The van der Waals surface area contributed by atoms with Crippen molar-refractivity contribution >= 4 is 29.1 Å². The van der Waals surface area contributed by atoms with Gasteiger partial charge in [-0.1, -0.05) is 43.5 Å². The third-order valence-electron chi connectivity index (χ3n) is 6.68. The number of carbonyl (C=O) groups is 2. The molecule has 1 aromatic heterocycles. The highest BCUT2D eigenvalue weighted by molar-refractivity contribution is 6.12. The number of anilines is 1. The number of allylic oxidation sites excluding steroid dienone is 5. The van der Waals surface area contributed by atoms with Crippen LogP contribution in [-0.2, 0) is 11.3 Å². The van der Waals surface area contributed by atoms with E-state index in [-0.39, 0.29) is 46.7 Å². The molecular formula is C33H28F2N4O4. The maximum Gasteiger partial charge on any atom is 0.293 e. The van der Waals surface area contributed by atoms with E-state index in [1.165, 1.54) is 30.3 Å². The van der Waals surface area contributed by atoms with Gasteiger partial charge in [-0.25, -0.2) is 8.78 Å². The number of nitro benzene ring substituents is 1. The van der Waals surface area contributed by atoms with E-state index in [1.807, 2.05) is 6.07 Å². The standard InChI is InChI=1S/C33H28F2N4O4/c1-3-6-21(4-2)13-25-16-27(17-26(32(25)40)14-22-8-10-28(34)29(35)15-22)38-33(41)24-9-11-30(31(18-24)39(42)43)37-20-23-7-5-12-36-19-23/h3-15,18-19,27,37H,1-2,16-17,20H2,(H,38,41)/b21-6+,25-13+,26-14+. The lowest BCUT2D eigenvalue weighted by Crippen LogP contribution is -2.39. The second kappa shape index (κ2) is 13.9. The first-order chi connectivity index (χ1) is 20.7. The maximum atomic E-state index is 13.9. The molecule has 0 saturated heterocycles. The maximum absolute atomic E-state index is 13.9. The summed E-state index contributed by atoms with van der Waals surface area (Å²) >= 11 is 0. The highest BCUT2D eigenvalue weighted by Gasteiger charge is 2.30. The molecular weight excluding hydrogens is 554 g/mol. The first-order valence-electron chi connectivity index (χ1n) is 13.3. The van der Waals surface area contributed by atoms with Gasteiger partial charge in [-0.05, 0) is 72.0 Å². The number of hydrogen-bond donors (Lipinski definition) is 2. The second-order valence-corrected chi connectivity index (χ2v) is 9.73. The molecule has 0 bridgehead atoms. The molecule has 2 aromatic carbocycles. The van der Waals surface area contributed by atoms with Crippen LogP contribution in [-0.4, -0.2) is 27.6 Å². The average molecular weight is 583 g/mol. The summed E-state index contributed by atoms with van der Waals surface area (Å²) in [5, 5.41) is 17.7. The largest absolute Gasteiger partial charge is 0.375 e. The molecule has 4 rings (SSSR count). The quantitative estimate of drug-likeness (QED) is 0.120. The molecule has 1 amide bonds. The van der Waals surface area contributed by atoms with Gasteiger partial charge in [-0.15, -0.1) is 0 Å². The summed E-state index contributed by atoms with van der Waals surface area (Å²) in [5.41, 5.74) is 2.37. The van der Waals surface area contributed by atoms with E-state index in [1.54, 1.807) is 42.8 Å². The van der Waals surface area contributed by atoms with E-state index >= 15 is 0 Å². The fraction of sp³-hybridized carbons (Fsp3) is 0.121. The molecule has 8 nitrogen and oxygen atoms in total. The topological polar surface area (TPSA) is 114 Å². The minimum atomic E-state index is -1.05. The molecule has 1 atom stereocenters. The van der Waals surface area contributed by atoms with Crippen LogP contribution < -0.4 is 10.6 Å². The second-order valence-electron chi connectivity index (χ2n) is 9.73. The van der Waals surface area contributed by atoms with E-state index in [0.717, 1.165) is 17.7 Å². The highest BCUT2D eigenvalue weighted by atomic mass is 19.2. The molecule has 0 spiro atoms. The number of ketones is 1. The van der Waals surface area contributed by atoms with Gasteiger partial charge in [0.2, 0.25) is 0 Å². The Balaban J connectivity index is 1.60. The van der Waals surface area contributed by atoms with Crippen LogP contribution in [0.4, 0.5) is 20.2 Å². The Hall–Kier alpha value is -5.51. The summed E-state index contributed by atoms with van der Waals surface area (Å²) in [6.45, 7) is 7.70. The Morgan fingerprint density at radius 1 is 1.09 bits per heavy atom. The predicted octanol–water partition coefficient (Wildman–Crippen LogP) is 6.65. The molecule has 43 heavy (non-hydrogen) atoms. The van der Waals surface area contributed by atoms with Gasteiger partial charge in [0.05, 0.1) is 4.92 Å². The Morgan fingerprint density at radius 2 is 1.88 bits per heavy atom. The first-order valence-corrected chi connectivity index (χ1v) is 13.3. The van der Waals surface area contributed by atoms with Crippen molar-refractivity contribution in [2.24, 2.45) is 0 Å². The number of rotatable bonds is 10. The normalized spacial score (nSPS) is 17.0. The van der Waals surface area contributed by atoms with Crippen LogP contribution in [0.5, 0.6) is 0 Å². The van der Waals surface area contributed by atoms with Crippen LogP contribution in [0.25, 0.3) is 6.08 Å². The number of amides is 1. The number of nitrogens with zero attached hydrogens (tertiary/aromatic N) is 2. The van der Waals surface area contributed by atoms with Crippen LogP contribution in [0.3, 0.4) is 0 Å². The Morgan fingerprint density at radius 3 is 2.56 bits per heavy atom. The van der Waals surface area contributed by atoms with E-state index in [4.69, 9.17) is 0 Å². The summed E-state index contributed by atoms with van der Waals surface area (Å²) in [7, 11) is 0. The van der Waals surface area contributed by atoms with Crippen molar-refractivity contribution in [3.63, 3.8) is 0 Å². The van der Waals surface area contributed by atoms with Crippen molar-refractivity contribution in [1.29, 1.82) is 0 Å². The van der Waals surface area contributed by atoms with Crippen molar-refractivity contribution in [1.82, 2.24) is 10.3 Å². The predicted molar refractivity (Wildman–Crippen MR) is 161 cm³/mol. The van der Waals surface area contributed by atoms with Crippen LogP contribution in [0.15, 0.2) is 115 Å². The average Bonchev–Trinajstić information content (AvgIpc) is 3.00. The van der Waals surface area contributed by atoms with E-state index in [9.17, 15) is 28.5 Å². The Labute approximate surface area is 247 Å². The number of hydrogen-bond acceptors (Lipinski definition) is 6. The molecule has 1 saturated carbocycles. The lowest BCUT2D eigenvalue weighted by molar-refractivity contribution is -0.384. The monoisotopic (exact) mass is 582 g/mol. The molecule has 218 valence electrons. The van der Waals surface area contributed by atoms with Gasteiger partial charge in [0.1, 0.15) is 5.69 Å². The summed E-state index contributed by atoms with van der Waals surface area (Å²) < 4.78 is 27.3. The van der Waals surface area contributed by atoms with E-state index < -0.39 is 28.5 Å². The molecule has 1 fully saturated rings. The van der Waals surface area contributed by atoms with Gasteiger partial charge in [0, 0.05) is 47.8 Å². The molecule has 1 aliphatic carbocycles. The summed E-state index contributed by atoms with van der Waals surface area (Å²) in [4.78, 5) is 41.9. The highest BCUT2D eigenvalue weighted by Crippen LogP contribution is 2.30. The van der Waals surface area contributed by atoms with Gasteiger partial charge in [0.15, 0.2) is 17.4 Å². The van der Waals surface area contributed by atoms with Gasteiger partial charge < -0.3 is 10.6 Å². The number of carbonyl (C=O) groups excluding carboxylic acids is 2. The van der Waals surface area contributed by atoms with Crippen LogP contribution in [0.2, 0.25) is 0 Å². The van der Waals surface area contributed by atoms with Crippen molar-refractivity contribution in [3.8, 4) is 0 Å². The van der Waals surface area contributed by atoms with Crippen molar-refractivity contribution in [2.45, 2.75) is 25.4 Å². The van der Waals surface area contributed by atoms with Gasteiger partial charge in [-0.3, -0.25) is 24.7 Å². The zero-order valence-electron chi connectivity index (χ0n) is 23.1. The SMILES string of the molecule is C=C/C=C(C=C)/C=C1\CC(NC(=O)c2ccc(NCc3cccnc3)c([N+](=O)[O-])c2)C/C(=C\c2ccc(F)c(F)c2)C1=O. The smallest absolute Gasteiger partial charge is 0.293 e. The summed E-state index contributed by atoms with van der Waals surface area (Å²) in [6.07, 6.45) is 11.4. The Bertz CT molecular complexity index is 1680. The van der Waals surface area contributed by atoms with Gasteiger partial charge in [-0.2, -0.15) is 0 Å². The number of Topliss-reactive ketones (excluding diaryl/α,β-unsaturated/α-hetero) is 1. The molecule has 0 radical (unpaired) electrons. The van der Waals surface area contributed by atoms with Crippen molar-refractivity contribution < 1.29 is 23.3 Å². The third kappa shape index (κ3) is 7.82. The zero-order valence-corrected chi connectivity index (χ0v) is 23.1. The van der Waals surface area contributed by atoms with Gasteiger partial charge >= 0.3 is 0 Å². The molecule has 0 aliphatic heterocycles. The Kier molecular flexibility index (Phi) is 9.85. The summed E-state index contributed by atoms with van der Waals surface area (Å²) in [6, 6.07) is 10.4. The zero-order chi connectivity index (χ0) is 30.9. The lowest BCUT2D eigenvalue weighted by atomic mass is 9.83. The van der Waals surface area contributed by atoms with E-state index in [0.29, 0.717) is 17.7 Å². The van der Waals surface area contributed by atoms with Crippen molar-refractivity contribution in [3.05, 3.63) is 154 Å². The molecule has 10 heteroatoms.